The number of amides is 1. The van der Waals surface area contributed by atoms with Gasteiger partial charge < -0.3 is 15.7 Å². The van der Waals surface area contributed by atoms with Gasteiger partial charge in [0.1, 0.15) is 0 Å². The van der Waals surface area contributed by atoms with Crippen molar-refractivity contribution in [2.75, 3.05) is 13.1 Å². The fourth-order valence-corrected chi connectivity index (χ4v) is 3.72. The van der Waals surface area contributed by atoms with Crippen molar-refractivity contribution in [1.29, 1.82) is 0 Å². The minimum Gasteiger partial charge on any atom is -0.481 e. The fourth-order valence-electron chi connectivity index (χ4n) is 2.94. The number of thiophene rings is 1. The van der Waals surface area contributed by atoms with Gasteiger partial charge in [0.25, 0.3) is 0 Å². The summed E-state index contributed by atoms with van der Waals surface area (Å²) < 4.78 is 0. The van der Waals surface area contributed by atoms with Crippen molar-refractivity contribution in [3.8, 4) is 0 Å². The molecule has 0 bridgehead atoms. The van der Waals surface area contributed by atoms with Crippen LogP contribution >= 0.6 is 11.3 Å². The monoisotopic (exact) mass is 310 g/mol. The molecule has 2 rings (SSSR count). The zero-order chi connectivity index (χ0) is 15.3. The highest BCUT2D eigenvalue weighted by Gasteiger charge is 2.41. The molecule has 6 heteroatoms. The minimum atomic E-state index is -0.900. The molecule has 1 aliphatic heterocycles. The maximum absolute atomic E-state index is 12.7. The Balaban J connectivity index is 2.11. The van der Waals surface area contributed by atoms with Crippen LogP contribution in [0.4, 0.5) is 0 Å². The first-order valence-corrected chi connectivity index (χ1v) is 8.22. The molecule has 1 fully saturated rings. The molecule has 1 saturated heterocycles. The standard InChI is InChI=1S/C15H22N2O3S/c1-2-5-15(6-7-16-10-15)14(20)17-11(9-13(18)19)12-4-3-8-21-12/h3-4,8,11,16H,2,5-7,9-10H2,1H3,(H,17,20)(H,18,19). The van der Waals surface area contributed by atoms with E-state index in [2.05, 4.69) is 17.6 Å². The second-order valence-corrected chi connectivity index (χ2v) is 6.58. The number of hydrogen-bond donors (Lipinski definition) is 3. The lowest BCUT2D eigenvalue weighted by Crippen LogP contribution is -2.44. The van der Waals surface area contributed by atoms with Gasteiger partial charge in [-0.2, -0.15) is 0 Å². The fraction of sp³-hybridized carbons (Fsp3) is 0.600. The number of rotatable bonds is 7. The van der Waals surface area contributed by atoms with Crippen LogP contribution in [0.15, 0.2) is 17.5 Å². The number of carbonyl (C=O) groups is 2. The normalized spacial score (nSPS) is 22.9. The summed E-state index contributed by atoms with van der Waals surface area (Å²) in [5.41, 5.74) is -0.386. The first-order chi connectivity index (χ1) is 10.1. The van der Waals surface area contributed by atoms with Crippen LogP contribution in [0.1, 0.15) is 43.5 Å². The smallest absolute Gasteiger partial charge is 0.305 e. The number of carboxylic acid groups (broad SMARTS) is 1. The molecule has 0 radical (unpaired) electrons. The third-order valence-electron chi connectivity index (χ3n) is 4.02. The molecule has 0 saturated carbocycles. The van der Waals surface area contributed by atoms with E-state index in [1.807, 2.05) is 17.5 Å². The number of hydrogen-bond acceptors (Lipinski definition) is 4. The third-order valence-corrected chi connectivity index (χ3v) is 5.01. The van der Waals surface area contributed by atoms with Crippen molar-refractivity contribution in [2.24, 2.45) is 5.41 Å². The molecule has 0 spiro atoms. The lowest BCUT2D eigenvalue weighted by molar-refractivity contribution is -0.138. The van der Waals surface area contributed by atoms with Crippen LogP contribution in [-0.4, -0.2) is 30.1 Å². The maximum atomic E-state index is 12.7. The maximum Gasteiger partial charge on any atom is 0.305 e. The predicted octanol–water partition coefficient (Wildman–Crippen LogP) is 2.16. The van der Waals surface area contributed by atoms with Gasteiger partial charge in [-0.05, 0) is 30.8 Å². The first kappa shape index (κ1) is 16.0. The van der Waals surface area contributed by atoms with E-state index < -0.39 is 12.0 Å². The Morgan fingerprint density at radius 3 is 2.90 bits per heavy atom. The van der Waals surface area contributed by atoms with Crippen LogP contribution in [0, 0.1) is 5.41 Å². The minimum absolute atomic E-state index is 0.0194. The van der Waals surface area contributed by atoms with Crippen molar-refractivity contribution in [1.82, 2.24) is 10.6 Å². The zero-order valence-corrected chi connectivity index (χ0v) is 13.0. The molecule has 0 aliphatic carbocycles. The molecule has 3 N–H and O–H groups in total. The van der Waals surface area contributed by atoms with E-state index in [0.29, 0.717) is 6.54 Å². The van der Waals surface area contributed by atoms with Crippen LogP contribution in [0.5, 0.6) is 0 Å². The highest BCUT2D eigenvalue weighted by Crippen LogP contribution is 2.33. The molecule has 2 unspecified atom stereocenters. The Morgan fingerprint density at radius 1 is 1.57 bits per heavy atom. The Kier molecular flexibility index (Phi) is 5.36. The Labute approximate surface area is 128 Å². The molecule has 1 aliphatic rings. The van der Waals surface area contributed by atoms with Crippen molar-refractivity contribution in [3.05, 3.63) is 22.4 Å². The van der Waals surface area contributed by atoms with Gasteiger partial charge in [0.2, 0.25) is 5.91 Å². The summed E-state index contributed by atoms with van der Waals surface area (Å²) in [5, 5.41) is 17.2. The molecule has 2 heterocycles. The van der Waals surface area contributed by atoms with E-state index in [1.165, 1.54) is 11.3 Å². The van der Waals surface area contributed by atoms with E-state index in [0.717, 1.165) is 30.7 Å². The van der Waals surface area contributed by atoms with Crippen LogP contribution in [0.2, 0.25) is 0 Å². The van der Waals surface area contributed by atoms with Gasteiger partial charge in [-0.25, -0.2) is 0 Å². The second-order valence-electron chi connectivity index (χ2n) is 5.60. The van der Waals surface area contributed by atoms with E-state index in [4.69, 9.17) is 5.11 Å². The van der Waals surface area contributed by atoms with Crippen LogP contribution in [0.25, 0.3) is 0 Å². The number of carboxylic acids is 1. The highest BCUT2D eigenvalue weighted by molar-refractivity contribution is 7.10. The van der Waals surface area contributed by atoms with E-state index in [1.54, 1.807) is 0 Å². The van der Waals surface area contributed by atoms with Gasteiger partial charge in [-0.3, -0.25) is 9.59 Å². The quantitative estimate of drug-likeness (QED) is 0.721. The summed E-state index contributed by atoms with van der Waals surface area (Å²) in [6, 6.07) is 3.31. The second kappa shape index (κ2) is 7.04. The van der Waals surface area contributed by atoms with E-state index in [-0.39, 0.29) is 17.7 Å². The number of carbonyl (C=O) groups excluding carboxylic acids is 1. The van der Waals surface area contributed by atoms with Crippen molar-refractivity contribution in [3.63, 3.8) is 0 Å². The van der Waals surface area contributed by atoms with Crippen LogP contribution in [-0.2, 0) is 9.59 Å². The molecule has 0 aromatic carbocycles. The van der Waals surface area contributed by atoms with Gasteiger partial charge in [-0.15, -0.1) is 11.3 Å². The van der Waals surface area contributed by atoms with E-state index >= 15 is 0 Å². The summed E-state index contributed by atoms with van der Waals surface area (Å²) >= 11 is 1.48. The molecule has 2 atom stereocenters. The third kappa shape index (κ3) is 3.83. The lowest BCUT2D eigenvalue weighted by atomic mass is 9.81. The molecule has 21 heavy (non-hydrogen) atoms. The van der Waals surface area contributed by atoms with Crippen LogP contribution in [0.3, 0.4) is 0 Å². The first-order valence-electron chi connectivity index (χ1n) is 7.34. The molecule has 5 nitrogen and oxygen atoms in total. The topological polar surface area (TPSA) is 78.4 Å². The van der Waals surface area contributed by atoms with Gasteiger partial charge in [0.15, 0.2) is 0 Å². The number of aliphatic carboxylic acids is 1. The average molecular weight is 310 g/mol. The number of nitrogens with one attached hydrogen (secondary N) is 2. The van der Waals surface area contributed by atoms with Gasteiger partial charge in [-0.1, -0.05) is 19.4 Å². The Hall–Kier alpha value is -1.40. The summed E-state index contributed by atoms with van der Waals surface area (Å²) in [5.74, 6) is -0.920. The Morgan fingerprint density at radius 2 is 2.38 bits per heavy atom. The van der Waals surface area contributed by atoms with Crippen molar-refractivity contribution < 1.29 is 14.7 Å². The highest BCUT2D eigenvalue weighted by atomic mass is 32.1. The van der Waals surface area contributed by atoms with Crippen molar-refractivity contribution in [2.45, 2.75) is 38.6 Å². The summed E-state index contributed by atoms with van der Waals surface area (Å²) in [6.45, 7) is 3.59. The average Bonchev–Trinajstić information content (AvgIpc) is 3.09. The molecule has 1 aromatic heterocycles. The van der Waals surface area contributed by atoms with Crippen molar-refractivity contribution >= 4 is 23.2 Å². The largest absolute Gasteiger partial charge is 0.481 e. The summed E-state index contributed by atoms with van der Waals surface area (Å²) in [6.07, 6.45) is 2.51. The molecule has 1 aromatic rings. The summed E-state index contributed by atoms with van der Waals surface area (Å²) in [7, 11) is 0. The molecular formula is C15H22N2O3S. The zero-order valence-electron chi connectivity index (χ0n) is 12.2. The summed E-state index contributed by atoms with van der Waals surface area (Å²) in [4.78, 5) is 24.7. The predicted molar refractivity (Wildman–Crippen MR) is 82.3 cm³/mol. The lowest BCUT2D eigenvalue weighted by Gasteiger charge is -2.29. The van der Waals surface area contributed by atoms with E-state index in [9.17, 15) is 9.59 Å². The van der Waals surface area contributed by atoms with Gasteiger partial charge in [0, 0.05) is 11.4 Å². The molecular weight excluding hydrogens is 288 g/mol. The molecule has 1 amide bonds. The van der Waals surface area contributed by atoms with Gasteiger partial charge >= 0.3 is 5.97 Å². The Bertz CT molecular complexity index is 481. The SMILES string of the molecule is CCCC1(C(=O)NC(CC(=O)O)c2cccs2)CCNC1. The van der Waals surface area contributed by atoms with Crippen LogP contribution < -0.4 is 10.6 Å². The molecule has 116 valence electrons. The van der Waals surface area contributed by atoms with Gasteiger partial charge in [0.05, 0.1) is 17.9 Å².